The van der Waals surface area contributed by atoms with Crippen LogP contribution in [0.1, 0.15) is 6.92 Å². The van der Waals surface area contributed by atoms with Crippen molar-refractivity contribution in [1.82, 2.24) is 19.9 Å². The number of anilines is 1. The molecule has 25 heavy (non-hydrogen) atoms. The van der Waals surface area contributed by atoms with Crippen molar-refractivity contribution in [3.8, 4) is 0 Å². The summed E-state index contributed by atoms with van der Waals surface area (Å²) in [6, 6.07) is 5.84. The maximum absolute atomic E-state index is 11.4. The number of hydrogen-bond donors (Lipinski definition) is 4. The van der Waals surface area contributed by atoms with E-state index in [1.807, 2.05) is 0 Å². The van der Waals surface area contributed by atoms with Crippen molar-refractivity contribution in [2.24, 2.45) is 0 Å². The molecule has 4 N–H and O–H groups in total. The fourth-order valence-electron chi connectivity index (χ4n) is 1.79. The van der Waals surface area contributed by atoms with Crippen LogP contribution in [0.4, 0.5) is 5.69 Å². The molecule has 2 aromatic heterocycles. The van der Waals surface area contributed by atoms with E-state index in [1.54, 1.807) is 6.07 Å². The number of carbonyl (C=O) groups is 1. The minimum Gasteiger partial charge on any atom is -0.329 e. The molecule has 3 rings (SSSR count). The van der Waals surface area contributed by atoms with Gasteiger partial charge in [-0.05, 0) is 0 Å². The Morgan fingerprint density at radius 1 is 1.32 bits per heavy atom. The van der Waals surface area contributed by atoms with E-state index in [4.69, 9.17) is 16.9 Å². The second-order valence-corrected chi connectivity index (χ2v) is 8.46. The largest absolute Gasteiger partial charge is 0.329 e. The van der Waals surface area contributed by atoms with E-state index >= 15 is 0 Å². The molecule has 0 aliphatic rings. The van der Waals surface area contributed by atoms with Gasteiger partial charge in [-0.15, -0.1) is 0 Å². The van der Waals surface area contributed by atoms with Gasteiger partial charge in [0.15, 0.2) is 10.8 Å². The summed E-state index contributed by atoms with van der Waals surface area (Å²) in [5.41, 5.74) is 1.44. The van der Waals surface area contributed by atoms with E-state index in [0.717, 1.165) is 0 Å². The first-order chi connectivity index (χ1) is 11.8. The Hall–Kier alpha value is -2.23. The number of carbonyl (C=O) groups excluding carboxylic acids is 1. The van der Waals surface area contributed by atoms with E-state index in [-0.39, 0.29) is 15.9 Å². The predicted molar refractivity (Wildman–Crippen MR) is 89.4 cm³/mol. The van der Waals surface area contributed by atoms with Gasteiger partial charge in [-0.25, -0.2) is 15.0 Å². The molecule has 0 spiro atoms. The molecule has 10 nitrogen and oxygen atoms in total. The maximum atomic E-state index is 11.4. The van der Waals surface area contributed by atoms with E-state index in [9.17, 15) is 12.6 Å². The van der Waals surface area contributed by atoms with Crippen LogP contribution in [0.15, 0.2) is 36.9 Å². The summed E-state index contributed by atoms with van der Waals surface area (Å²) in [5.74, 6) is -0.379. The third-order valence-corrected chi connectivity index (χ3v) is 5.64. The third kappa shape index (κ3) is 4.88. The molecule has 0 bridgehead atoms. The van der Waals surface area contributed by atoms with Crippen LogP contribution < -0.4 is 9.67 Å². The van der Waals surface area contributed by atoms with E-state index in [2.05, 4.69) is 29.1 Å². The normalized spacial score (nSPS) is 12.8. The van der Waals surface area contributed by atoms with Crippen LogP contribution in [0.5, 0.6) is 0 Å². The second kappa shape index (κ2) is 8.23. The summed E-state index contributed by atoms with van der Waals surface area (Å²) in [5, 5.41) is 11.1. The van der Waals surface area contributed by atoms with Crippen LogP contribution in [0, 0.1) is 0 Å². The number of fused-ring (bicyclic) bond motifs is 1. The number of benzene rings is 1. The zero-order valence-corrected chi connectivity index (χ0v) is 15.4. The molecule has 0 radical (unpaired) electrons. The van der Waals surface area contributed by atoms with Crippen LogP contribution in [-0.2, 0) is 12.4 Å². The Morgan fingerprint density at radius 3 is 2.68 bits per heavy atom. The Balaban J connectivity index is 0.000000194. The average molecular weight is 430 g/mol. The average Bonchev–Trinajstić information content (AvgIpc) is 3.05. The first-order valence-corrected chi connectivity index (χ1v) is 10.4. The Kier molecular flexibility index (Phi) is 6.29. The summed E-state index contributed by atoms with van der Waals surface area (Å²) in [7, 11) is 0. The maximum Gasteiger partial charge on any atom is 0.162 e. The Morgan fingerprint density at radius 2 is 2.04 bits per heavy atom. The van der Waals surface area contributed by atoms with Crippen LogP contribution in [-0.4, -0.2) is 49.4 Å². The van der Waals surface area contributed by atoms with Crippen molar-refractivity contribution in [2.75, 3.05) is 5.32 Å². The van der Waals surface area contributed by atoms with Gasteiger partial charge in [-0.1, -0.05) is 11.6 Å². The molecule has 2 heterocycles. The van der Waals surface area contributed by atoms with E-state index in [1.165, 1.54) is 37.8 Å². The van der Waals surface area contributed by atoms with Gasteiger partial charge < -0.3 is 4.98 Å². The van der Waals surface area contributed by atoms with Crippen LogP contribution in [0.3, 0.4) is 0 Å². The van der Waals surface area contributed by atoms with Crippen LogP contribution >= 0.6 is 11.6 Å². The topological polar surface area (TPSA) is 150 Å². The zero-order chi connectivity index (χ0) is 18.4. The number of para-hydroxylation sites is 1. The molecule has 3 aromatic rings. The van der Waals surface area contributed by atoms with Crippen molar-refractivity contribution in [2.45, 2.75) is 6.92 Å². The molecule has 0 aliphatic carbocycles. The van der Waals surface area contributed by atoms with Gasteiger partial charge in [0.2, 0.25) is 0 Å². The number of imidazole rings is 1. The van der Waals surface area contributed by atoms with Gasteiger partial charge in [-0.3, -0.25) is 0 Å². The minimum absolute atomic E-state index is 0.103. The number of hydrogen-bond acceptors (Lipinski definition) is 7. The number of rotatable bonds is 3. The molecular formula is C13H13AsClN5O5. The molecule has 1 amide bonds. The van der Waals surface area contributed by atoms with Crippen molar-refractivity contribution in [1.29, 1.82) is 0 Å². The molecule has 12 heteroatoms. The number of nitrogens with zero attached hydrogens (tertiary/aromatic N) is 3. The summed E-state index contributed by atoms with van der Waals surface area (Å²) in [6.07, 6.45) is 2.92. The first kappa shape index (κ1) is 19.1. The molecule has 132 valence electrons. The number of nitrogens with one attached hydrogen (secondary N) is 2. The summed E-state index contributed by atoms with van der Waals surface area (Å²) in [4.78, 5) is 25.2. The third-order valence-electron chi connectivity index (χ3n) is 2.80. The van der Waals surface area contributed by atoms with Crippen molar-refractivity contribution >= 4 is 52.9 Å². The number of aromatic amines is 1. The summed E-state index contributed by atoms with van der Waals surface area (Å²) >= 11 is 0.740. The molecule has 0 saturated heterocycles. The van der Waals surface area contributed by atoms with Crippen molar-refractivity contribution in [3.05, 3.63) is 42.1 Å². The molecule has 1 unspecified atom stereocenters. The fourth-order valence-corrected chi connectivity index (χ4v) is 3.65. The first-order valence-electron chi connectivity index (χ1n) is 6.68. The number of aromatic nitrogens is 4. The minimum atomic E-state index is -4.92. The summed E-state index contributed by atoms with van der Waals surface area (Å²) < 4.78 is 24.1. The predicted octanol–water partition coefficient (Wildman–Crippen LogP) is 0.710. The molecule has 0 saturated carbocycles. The standard InChI is InChI=1S/C8H10AsNO5.C5H3ClN4/c1-6(11)10-8-5-3-2-4-7(8)9(12,13)15-14;6-4-3-5(9-1-7-3)10-2-8-4/h2-5,14H,1H3,(H,10,11)(H,12,13);1-2H,(H,7,8,9,10). The summed E-state index contributed by atoms with van der Waals surface area (Å²) in [6.45, 7) is 1.27. The smallest absolute Gasteiger partial charge is 0.162 e. The fraction of sp³-hybridized carbons (Fsp3) is 0.0769. The van der Waals surface area contributed by atoms with E-state index in [0.29, 0.717) is 16.3 Å². The van der Waals surface area contributed by atoms with Crippen molar-refractivity contribution < 1.29 is 21.8 Å². The monoisotopic (exact) mass is 429 g/mol. The Labute approximate surface area is 149 Å². The SMILES string of the molecule is CC(=O)Nc1ccccc1[As](=O)(O)OO.Clc1ncnc2[nH]cnc12. The number of H-pyrrole nitrogens is 1. The quantitative estimate of drug-likeness (QED) is 0.206. The molecule has 0 fully saturated rings. The van der Waals surface area contributed by atoms with Gasteiger partial charge in [0.05, 0.1) is 6.33 Å². The second-order valence-electron chi connectivity index (χ2n) is 4.56. The molecule has 1 aromatic carbocycles. The van der Waals surface area contributed by atoms with Crippen molar-refractivity contribution in [3.63, 3.8) is 0 Å². The van der Waals surface area contributed by atoms with Gasteiger partial charge in [0, 0.05) is 0 Å². The van der Waals surface area contributed by atoms with Gasteiger partial charge in [-0.2, -0.15) is 0 Å². The van der Waals surface area contributed by atoms with Gasteiger partial charge >= 0.3 is 88.4 Å². The molecular weight excluding hydrogens is 417 g/mol. The van der Waals surface area contributed by atoms with Crippen LogP contribution in [0.2, 0.25) is 5.15 Å². The zero-order valence-electron chi connectivity index (χ0n) is 12.8. The van der Waals surface area contributed by atoms with Gasteiger partial charge in [0.1, 0.15) is 11.8 Å². The van der Waals surface area contributed by atoms with E-state index < -0.39 is 14.2 Å². The Bertz CT molecular complexity index is 934. The van der Waals surface area contributed by atoms with Crippen LogP contribution in [0.25, 0.3) is 11.2 Å². The molecule has 0 aliphatic heterocycles. The molecule has 1 atom stereocenters. The van der Waals surface area contributed by atoms with Gasteiger partial charge in [0.25, 0.3) is 0 Å². The number of halogens is 1. The number of amides is 1.